The Morgan fingerprint density at radius 3 is 2.25 bits per heavy atom. The van der Waals surface area contributed by atoms with E-state index in [2.05, 4.69) is 42.0 Å². The van der Waals surface area contributed by atoms with Gasteiger partial charge in [-0.2, -0.15) is 0 Å². The van der Waals surface area contributed by atoms with Gasteiger partial charge in [-0.15, -0.1) is 0 Å². The van der Waals surface area contributed by atoms with Crippen LogP contribution in [0.25, 0.3) is 0 Å². The number of amides is 1. The maximum atomic E-state index is 11.8. The third-order valence-electron chi connectivity index (χ3n) is 3.72. The molecule has 0 unspecified atom stereocenters. The fourth-order valence-electron chi connectivity index (χ4n) is 2.54. The zero-order chi connectivity index (χ0) is 12.2. The van der Waals surface area contributed by atoms with Gasteiger partial charge < -0.3 is 5.32 Å². The molecule has 0 radical (unpaired) electrons. The van der Waals surface area contributed by atoms with E-state index in [9.17, 15) is 4.79 Å². The van der Waals surface area contributed by atoms with E-state index in [1.807, 2.05) is 0 Å². The third-order valence-corrected chi connectivity index (χ3v) is 4.11. The maximum absolute atomic E-state index is 11.8. The van der Waals surface area contributed by atoms with Gasteiger partial charge in [-0.05, 0) is 37.0 Å². The van der Waals surface area contributed by atoms with Gasteiger partial charge in [0.1, 0.15) is 0 Å². The van der Waals surface area contributed by atoms with Crippen LogP contribution in [-0.2, 0) is 4.79 Å². The number of rotatable bonds is 3. The first kappa shape index (κ1) is 14.0. The molecule has 0 heterocycles. The third kappa shape index (κ3) is 4.08. The predicted octanol–water partition coefficient (Wildman–Crippen LogP) is 3.35. The zero-order valence-corrected chi connectivity index (χ0v) is 12.3. The van der Waals surface area contributed by atoms with Gasteiger partial charge in [0.2, 0.25) is 5.91 Å². The molecular weight excluding hydrogens is 266 g/mol. The molecule has 1 amide bonds. The van der Waals surface area contributed by atoms with Crippen molar-refractivity contribution in [3.05, 3.63) is 0 Å². The number of hydrogen-bond donors (Lipinski definition) is 1. The van der Waals surface area contributed by atoms with Crippen LogP contribution in [0.2, 0.25) is 0 Å². The first-order valence-corrected chi connectivity index (χ1v) is 7.41. The number of alkyl halides is 1. The summed E-state index contributed by atoms with van der Waals surface area (Å²) in [5, 5.41) is 3.81. The molecule has 0 aliphatic heterocycles. The monoisotopic (exact) mass is 289 g/mol. The molecule has 1 saturated carbocycles. The lowest BCUT2D eigenvalue weighted by Crippen LogP contribution is -2.36. The summed E-state index contributed by atoms with van der Waals surface area (Å²) in [5.41, 5.74) is 0.400. The van der Waals surface area contributed by atoms with Crippen LogP contribution in [-0.4, -0.2) is 17.8 Å². The molecule has 1 rings (SSSR count). The molecule has 1 aliphatic rings. The number of halogens is 1. The molecule has 0 aromatic carbocycles. The van der Waals surface area contributed by atoms with Gasteiger partial charge in [-0.1, -0.05) is 36.7 Å². The number of hydrogen-bond acceptors (Lipinski definition) is 1. The second-order valence-electron chi connectivity index (χ2n) is 5.89. The van der Waals surface area contributed by atoms with Crippen LogP contribution in [0.1, 0.15) is 46.5 Å². The minimum atomic E-state index is 0.256. The van der Waals surface area contributed by atoms with Crippen LogP contribution in [0.4, 0.5) is 0 Å². The average Bonchev–Trinajstić information content (AvgIpc) is 2.25. The maximum Gasteiger partial charge on any atom is 0.223 e. The first-order valence-electron chi connectivity index (χ1n) is 6.29. The minimum Gasteiger partial charge on any atom is -0.355 e. The van der Waals surface area contributed by atoms with Crippen molar-refractivity contribution in [3.63, 3.8) is 0 Å². The van der Waals surface area contributed by atoms with Crippen molar-refractivity contribution in [2.75, 3.05) is 11.9 Å². The lowest BCUT2D eigenvalue weighted by molar-refractivity contribution is -0.126. The van der Waals surface area contributed by atoms with Crippen molar-refractivity contribution in [3.8, 4) is 0 Å². The Kier molecular flexibility index (Phi) is 5.29. The number of carbonyl (C=O) groups is 1. The molecule has 0 aromatic rings. The van der Waals surface area contributed by atoms with Crippen LogP contribution in [0.3, 0.4) is 0 Å². The largest absolute Gasteiger partial charge is 0.355 e. The van der Waals surface area contributed by atoms with E-state index in [1.165, 1.54) is 12.8 Å². The molecule has 1 fully saturated rings. The summed E-state index contributed by atoms with van der Waals surface area (Å²) in [6.45, 7) is 7.67. The highest BCUT2D eigenvalue weighted by Gasteiger charge is 2.31. The highest BCUT2D eigenvalue weighted by Crippen LogP contribution is 2.39. The summed E-state index contributed by atoms with van der Waals surface area (Å²) >= 11 is 3.32. The molecule has 0 aromatic heterocycles. The summed E-state index contributed by atoms with van der Waals surface area (Å²) < 4.78 is 0. The highest BCUT2D eigenvalue weighted by atomic mass is 79.9. The summed E-state index contributed by atoms with van der Waals surface area (Å²) in [6, 6.07) is 0. The van der Waals surface area contributed by atoms with E-state index in [-0.39, 0.29) is 11.8 Å². The predicted molar refractivity (Wildman–Crippen MR) is 71.7 cm³/mol. The summed E-state index contributed by atoms with van der Waals surface area (Å²) in [7, 11) is 0. The van der Waals surface area contributed by atoms with Crippen LogP contribution in [0, 0.1) is 17.3 Å². The minimum absolute atomic E-state index is 0.256. The fourth-order valence-corrected chi connectivity index (χ4v) is 2.73. The van der Waals surface area contributed by atoms with Gasteiger partial charge in [-0.3, -0.25) is 4.79 Å². The molecule has 16 heavy (non-hydrogen) atoms. The highest BCUT2D eigenvalue weighted by molar-refractivity contribution is 9.09. The Morgan fingerprint density at radius 2 is 1.81 bits per heavy atom. The number of nitrogens with one attached hydrogen (secondary N) is 1. The van der Waals surface area contributed by atoms with Crippen LogP contribution < -0.4 is 5.32 Å². The van der Waals surface area contributed by atoms with E-state index in [4.69, 9.17) is 0 Å². The van der Waals surface area contributed by atoms with E-state index < -0.39 is 0 Å². The lowest BCUT2D eigenvalue weighted by Gasteiger charge is -2.36. The molecule has 3 heteroatoms. The van der Waals surface area contributed by atoms with Gasteiger partial charge in [0, 0.05) is 17.8 Å². The van der Waals surface area contributed by atoms with Crippen LogP contribution in [0.5, 0.6) is 0 Å². The fraction of sp³-hybridized carbons (Fsp3) is 0.923. The van der Waals surface area contributed by atoms with Crippen molar-refractivity contribution in [1.82, 2.24) is 5.32 Å². The second kappa shape index (κ2) is 6.04. The molecule has 2 nitrogen and oxygen atoms in total. The standard InChI is InChI=1S/C13H24BrNO/c1-13(2,3)11-6-4-10(5-7-11)12(16)15-9-8-14/h10-11H,4-9H2,1-3H3,(H,15,16). The second-order valence-corrected chi connectivity index (χ2v) is 6.69. The van der Waals surface area contributed by atoms with Crippen LogP contribution in [0.15, 0.2) is 0 Å². The molecule has 0 saturated heterocycles. The van der Waals surface area contributed by atoms with Crippen molar-refractivity contribution >= 4 is 21.8 Å². The summed E-state index contributed by atoms with van der Waals surface area (Å²) in [4.78, 5) is 11.8. The zero-order valence-electron chi connectivity index (χ0n) is 10.7. The molecule has 0 bridgehead atoms. The van der Waals surface area contributed by atoms with Crippen molar-refractivity contribution in [1.29, 1.82) is 0 Å². The Morgan fingerprint density at radius 1 is 1.25 bits per heavy atom. The van der Waals surface area contributed by atoms with E-state index >= 15 is 0 Å². The summed E-state index contributed by atoms with van der Waals surface area (Å²) in [5.74, 6) is 1.30. The molecular formula is C13H24BrNO. The van der Waals surface area contributed by atoms with Gasteiger partial charge >= 0.3 is 0 Å². The van der Waals surface area contributed by atoms with Gasteiger partial charge in [0.25, 0.3) is 0 Å². The van der Waals surface area contributed by atoms with E-state index in [1.54, 1.807) is 0 Å². The van der Waals surface area contributed by atoms with Crippen molar-refractivity contribution in [2.24, 2.45) is 17.3 Å². The van der Waals surface area contributed by atoms with Crippen LogP contribution >= 0.6 is 15.9 Å². The van der Waals surface area contributed by atoms with Crippen molar-refractivity contribution in [2.45, 2.75) is 46.5 Å². The van der Waals surface area contributed by atoms with Gasteiger partial charge in [0.05, 0.1) is 0 Å². The first-order chi connectivity index (χ1) is 7.45. The molecule has 1 aliphatic carbocycles. The van der Waals surface area contributed by atoms with E-state index in [0.29, 0.717) is 5.41 Å². The SMILES string of the molecule is CC(C)(C)C1CCC(C(=O)NCCBr)CC1. The smallest absolute Gasteiger partial charge is 0.223 e. The Hall–Kier alpha value is -0.0500. The molecule has 0 atom stereocenters. The molecule has 94 valence electrons. The van der Waals surface area contributed by atoms with Gasteiger partial charge in [0.15, 0.2) is 0 Å². The quantitative estimate of drug-likeness (QED) is 0.793. The van der Waals surface area contributed by atoms with Gasteiger partial charge in [-0.25, -0.2) is 0 Å². The van der Waals surface area contributed by atoms with E-state index in [0.717, 1.165) is 30.6 Å². The topological polar surface area (TPSA) is 29.1 Å². The van der Waals surface area contributed by atoms with Crippen molar-refractivity contribution < 1.29 is 4.79 Å². The Labute approximate surface area is 108 Å². The lowest BCUT2D eigenvalue weighted by atomic mass is 9.70. The molecule has 0 spiro atoms. The Balaban J connectivity index is 2.34. The molecule has 1 N–H and O–H groups in total. The Bertz CT molecular complexity index is 227. The summed E-state index contributed by atoms with van der Waals surface area (Å²) in [6.07, 6.45) is 4.54. The number of carbonyl (C=O) groups excluding carboxylic acids is 1. The normalized spacial score (nSPS) is 26.5. The average molecular weight is 290 g/mol.